The van der Waals surface area contributed by atoms with Crippen molar-refractivity contribution in [3.63, 3.8) is 0 Å². The van der Waals surface area contributed by atoms with E-state index in [2.05, 4.69) is 9.83 Å². The zero-order valence-corrected chi connectivity index (χ0v) is 19.4. The van der Waals surface area contributed by atoms with Crippen LogP contribution in [0.15, 0.2) is 66.9 Å². The van der Waals surface area contributed by atoms with Crippen LogP contribution < -0.4 is 0 Å². The van der Waals surface area contributed by atoms with Gasteiger partial charge in [0.2, 0.25) is 0 Å². The van der Waals surface area contributed by atoms with Gasteiger partial charge in [-0.1, -0.05) is 53.6 Å². The molecule has 1 aromatic heterocycles. The Morgan fingerprint density at radius 1 is 0.839 bits per heavy atom. The maximum absolute atomic E-state index is 16.0. The highest BCUT2D eigenvalue weighted by atomic mass is 28.4. The molecule has 0 saturated carbocycles. The molecule has 1 atom stereocenters. The van der Waals surface area contributed by atoms with Crippen LogP contribution in [-0.4, -0.2) is 13.3 Å². The molecule has 1 heterocycles. The number of aromatic nitrogens is 1. The van der Waals surface area contributed by atoms with Crippen molar-refractivity contribution in [3.8, 4) is 11.1 Å². The number of benzene rings is 2. The topological polar surface area (TPSA) is 26.5 Å². The lowest BCUT2D eigenvalue weighted by Gasteiger charge is -2.34. The number of nitrogens with zero attached hydrogens (tertiary/aromatic N) is 2. The molecule has 160 valence electrons. The first-order valence-electron chi connectivity index (χ1n) is 10.1. The highest BCUT2D eigenvalue weighted by Gasteiger charge is 2.67. The van der Waals surface area contributed by atoms with Gasteiger partial charge >= 0.3 is 11.6 Å². The molecule has 3 nitrogen and oxygen atoms in total. The fourth-order valence-corrected chi connectivity index (χ4v) is 4.53. The van der Waals surface area contributed by atoms with Crippen molar-refractivity contribution in [1.82, 2.24) is 4.98 Å². The molecule has 6 heteroatoms. The molecule has 0 fully saturated rings. The third-order valence-electron chi connectivity index (χ3n) is 4.95. The predicted octanol–water partition coefficient (Wildman–Crippen LogP) is 7.08. The SMILES string of the molecule is [C-]#[N+][C@@](O[Si](C)(C)C)(c1ccc(C)cc1)C(F)(F)c1ccc(-c2ccc(C)cc2)cn1. The standard InChI is InChI=1S/C25H26F2N2OSi/c1-18-7-11-20(12-8-18)21-13-16-23(29-17-21)24(26,27)25(28-3,30-31(4,5)6)22-14-9-19(2)10-15-22/h7-17H,1-2,4-6H3/t25-/m1/s1. The summed E-state index contributed by atoms with van der Waals surface area (Å²) in [6, 6.07) is 17.2. The van der Waals surface area contributed by atoms with Gasteiger partial charge < -0.3 is 4.43 Å². The summed E-state index contributed by atoms with van der Waals surface area (Å²) in [4.78, 5) is 7.49. The normalized spacial score (nSPS) is 14.0. The Morgan fingerprint density at radius 3 is 1.81 bits per heavy atom. The van der Waals surface area contributed by atoms with Crippen molar-refractivity contribution < 1.29 is 13.2 Å². The molecule has 3 aromatic rings. The summed E-state index contributed by atoms with van der Waals surface area (Å²) in [6.07, 6.45) is 1.42. The van der Waals surface area contributed by atoms with Gasteiger partial charge in [0.1, 0.15) is 5.69 Å². The smallest absolute Gasteiger partial charge is 0.342 e. The minimum Gasteiger partial charge on any atom is -0.342 e. The minimum absolute atomic E-state index is 0.130. The van der Waals surface area contributed by atoms with E-state index in [0.717, 1.165) is 22.3 Å². The molecule has 0 radical (unpaired) electrons. The van der Waals surface area contributed by atoms with Crippen molar-refractivity contribution >= 4 is 8.32 Å². The monoisotopic (exact) mass is 436 g/mol. The summed E-state index contributed by atoms with van der Waals surface area (Å²) in [5.74, 6) is -3.66. The molecule has 2 aromatic carbocycles. The zero-order valence-electron chi connectivity index (χ0n) is 18.4. The first-order chi connectivity index (χ1) is 14.5. The van der Waals surface area contributed by atoms with E-state index < -0.39 is 25.7 Å². The Bertz CT molecular complexity index is 1080. The lowest BCUT2D eigenvalue weighted by Crippen LogP contribution is -2.49. The maximum Gasteiger partial charge on any atom is 0.424 e. The second-order valence-corrected chi connectivity index (χ2v) is 13.1. The van der Waals surface area contributed by atoms with Crippen LogP contribution in [0, 0.1) is 20.4 Å². The number of rotatable bonds is 6. The number of halogens is 2. The van der Waals surface area contributed by atoms with Crippen molar-refractivity contribution in [1.29, 1.82) is 0 Å². The van der Waals surface area contributed by atoms with Gasteiger partial charge in [-0.3, -0.25) is 9.83 Å². The van der Waals surface area contributed by atoms with E-state index in [-0.39, 0.29) is 5.56 Å². The summed E-state index contributed by atoms with van der Waals surface area (Å²) in [5, 5.41) is 0. The van der Waals surface area contributed by atoms with Gasteiger partial charge in [0, 0.05) is 11.8 Å². The Morgan fingerprint density at radius 2 is 1.35 bits per heavy atom. The molecule has 0 spiro atoms. The van der Waals surface area contributed by atoms with Gasteiger partial charge in [-0.05, 0) is 57.3 Å². The molecule has 0 N–H and O–H groups in total. The van der Waals surface area contributed by atoms with E-state index in [1.165, 1.54) is 12.3 Å². The second kappa shape index (κ2) is 8.33. The van der Waals surface area contributed by atoms with Crippen LogP contribution in [0.4, 0.5) is 8.78 Å². The largest absolute Gasteiger partial charge is 0.424 e. The van der Waals surface area contributed by atoms with Crippen LogP contribution in [0.3, 0.4) is 0 Å². The van der Waals surface area contributed by atoms with E-state index in [1.54, 1.807) is 50.0 Å². The number of alkyl halides is 2. The van der Waals surface area contributed by atoms with Gasteiger partial charge in [0.05, 0.1) is 5.56 Å². The Hall–Kier alpha value is -2.88. The van der Waals surface area contributed by atoms with Crippen LogP contribution in [0.1, 0.15) is 22.4 Å². The lowest BCUT2D eigenvalue weighted by molar-refractivity contribution is -0.161. The Balaban J connectivity index is 2.10. The zero-order chi connectivity index (χ0) is 22.9. The van der Waals surface area contributed by atoms with E-state index in [0.29, 0.717) is 0 Å². The highest BCUT2D eigenvalue weighted by molar-refractivity contribution is 6.69. The average Bonchev–Trinajstić information content (AvgIpc) is 2.72. The maximum atomic E-state index is 16.0. The molecular weight excluding hydrogens is 410 g/mol. The summed E-state index contributed by atoms with van der Waals surface area (Å²) in [7, 11) is -2.54. The van der Waals surface area contributed by atoms with Gasteiger partial charge in [0.15, 0.2) is 8.32 Å². The third kappa shape index (κ3) is 4.58. The highest BCUT2D eigenvalue weighted by Crippen LogP contribution is 2.50. The summed E-state index contributed by atoms with van der Waals surface area (Å²) < 4.78 is 37.9. The molecule has 0 amide bonds. The number of aryl methyl sites for hydroxylation is 2. The number of hydrogen-bond donors (Lipinski definition) is 0. The minimum atomic E-state index is -3.66. The first kappa shape index (κ1) is 22.8. The molecule has 0 saturated heterocycles. The van der Waals surface area contributed by atoms with Gasteiger partial charge in [-0.15, -0.1) is 0 Å². The molecule has 31 heavy (non-hydrogen) atoms. The molecule has 0 unspecified atom stereocenters. The van der Waals surface area contributed by atoms with Crippen LogP contribution in [0.5, 0.6) is 0 Å². The van der Waals surface area contributed by atoms with Crippen LogP contribution in [0.2, 0.25) is 19.6 Å². The van der Waals surface area contributed by atoms with Gasteiger partial charge in [0.25, 0.3) is 0 Å². The fourth-order valence-electron chi connectivity index (χ4n) is 3.35. The molecule has 0 aliphatic heterocycles. The quantitative estimate of drug-likeness (QED) is 0.305. The second-order valence-electron chi connectivity index (χ2n) is 8.71. The molecular formula is C25H26F2N2OSi. The third-order valence-corrected chi connectivity index (χ3v) is 5.86. The fraction of sp³-hybridized carbons (Fsp3) is 0.280. The van der Waals surface area contributed by atoms with E-state index in [4.69, 9.17) is 11.0 Å². The van der Waals surface area contributed by atoms with Crippen LogP contribution >= 0.6 is 0 Å². The lowest BCUT2D eigenvalue weighted by atomic mass is 9.93. The molecule has 0 aliphatic carbocycles. The summed E-state index contributed by atoms with van der Waals surface area (Å²) >= 11 is 0. The first-order valence-corrected chi connectivity index (χ1v) is 13.5. The van der Waals surface area contributed by atoms with Crippen molar-refractivity contribution in [2.75, 3.05) is 0 Å². The number of pyridine rings is 1. The summed E-state index contributed by atoms with van der Waals surface area (Å²) in [6.45, 7) is 17.0. The van der Waals surface area contributed by atoms with Crippen molar-refractivity contribution in [2.45, 2.75) is 45.1 Å². The van der Waals surface area contributed by atoms with Crippen molar-refractivity contribution in [3.05, 3.63) is 101 Å². The Kier molecular flexibility index (Phi) is 6.13. The van der Waals surface area contributed by atoms with Gasteiger partial charge in [-0.2, -0.15) is 8.78 Å². The van der Waals surface area contributed by atoms with Gasteiger partial charge in [-0.25, -0.2) is 6.57 Å². The van der Waals surface area contributed by atoms with E-state index in [1.807, 2.05) is 38.1 Å². The predicted molar refractivity (Wildman–Crippen MR) is 122 cm³/mol. The molecule has 3 rings (SSSR count). The van der Waals surface area contributed by atoms with E-state index in [9.17, 15) is 0 Å². The average molecular weight is 437 g/mol. The van der Waals surface area contributed by atoms with Crippen molar-refractivity contribution in [2.24, 2.45) is 0 Å². The molecule has 0 aliphatic rings. The summed E-state index contributed by atoms with van der Waals surface area (Å²) in [5.41, 5.74) is 0.811. The number of hydrogen-bond acceptors (Lipinski definition) is 2. The van der Waals surface area contributed by atoms with Crippen LogP contribution in [-0.2, 0) is 16.1 Å². The van der Waals surface area contributed by atoms with E-state index >= 15 is 8.78 Å². The molecule has 0 bridgehead atoms. The Labute approximate surface area is 183 Å². The van der Waals surface area contributed by atoms with Crippen LogP contribution in [0.25, 0.3) is 16.0 Å².